The zero-order valence-electron chi connectivity index (χ0n) is 8.95. The van der Waals surface area contributed by atoms with E-state index >= 15 is 0 Å². The summed E-state index contributed by atoms with van der Waals surface area (Å²) in [6.45, 7) is 7.47. The fraction of sp³-hybridized carbons (Fsp3) is 0.600. The van der Waals surface area contributed by atoms with Gasteiger partial charge in [0, 0.05) is 24.8 Å². The van der Waals surface area contributed by atoms with E-state index in [0.29, 0.717) is 5.56 Å². The maximum Gasteiger partial charge on any atom is 0.277 e. The van der Waals surface area contributed by atoms with E-state index in [1.54, 1.807) is 12.5 Å². The second kappa shape index (κ2) is 3.92. The monoisotopic (exact) mass is 195 g/mol. The molecular formula is C10H17N3O. The van der Waals surface area contributed by atoms with Crippen LogP contribution in [-0.2, 0) is 13.1 Å². The number of hydrogen-bond acceptors (Lipinski definition) is 3. The van der Waals surface area contributed by atoms with Crippen LogP contribution in [0, 0.1) is 5.41 Å². The molecule has 4 nitrogen and oxygen atoms in total. The molecule has 4 heteroatoms. The summed E-state index contributed by atoms with van der Waals surface area (Å²) in [6.07, 6.45) is 3.34. The van der Waals surface area contributed by atoms with Gasteiger partial charge in [-0.05, 0) is 5.41 Å². The van der Waals surface area contributed by atoms with Crippen molar-refractivity contribution < 1.29 is 0 Å². The van der Waals surface area contributed by atoms with Crippen LogP contribution >= 0.6 is 0 Å². The first-order chi connectivity index (χ1) is 6.42. The van der Waals surface area contributed by atoms with Gasteiger partial charge in [0.1, 0.15) is 0 Å². The SMILES string of the molecule is CC(C)(C)Cn1cnc(=O)c(CN)c1. The van der Waals surface area contributed by atoms with Gasteiger partial charge in [0.15, 0.2) is 0 Å². The largest absolute Gasteiger partial charge is 0.338 e. The molecule has 0 aliphatic heterocycles. The maximum atomic E-state index is 11.2. The van der Waals surface area contributed by atoms with Gasteiger partial charge in [-0.15, -0.1) is 0 Å². The molecular weight excluding hydrogens is 178 g/mol. The van der Waals surface area contributed by atoms with Crippen LogP contribution in [0.5, 0.6) is 0 Å². The van der Waals surface area contributed by atoms with Crippen molar-refractivity contribution in [1.82, 2.24) is 9.55 Å². The zero-order valence-corrected chi connectivity index (χ0v) is 8.95. The Morgan fingerprint density at radius 3 is 2.64 bits per heavy atom. The highest BCUT2D eigenvalue weighted by Gasteiger charge is 2.11. The first kappa shape index (κ1) is 10.9. The Hall–Kier alpha value is -1.16. The second-order valence-corrected chi connectivity index (χ2v) is 4.64. The zero-order chi connectivity index (χ0) is 10.8. The summed E-state index contributed by atoms with van der Waals surface area (Å²) in [6, 6.07) is 0. The molecule has 0 unspecified atom stereocenters. The van der Waals surface area contributed by atoms with Gasteiger partial charge in [-0.1, -0.05) is 20.8 Å². The number of aromatic nitrogens is 2. The Kier molecular flexibility index (Phi) is 3.06. The van der Waals surface area contributed by atoms with Gasteiger partial charge in [0.25, 0.3) is 5.56 Å². The molecule has 0 aromatic carbocycles. The Balaban J connectivity index is 2.96. The third-order valence-corrected chi connectivity index (χ3v) is 1.80. The minimum atomic E-state index is -0.224. The highest BCUT2D eigenvalue weighted by molar-refractivity contribution is 5.03. The number of nitrogens with zero attached hydrogens (tertiary/aromatic N) is 2. The van der Waals surface area contributed by atoms with Crippen molar-refractivity contribution in [2.24, 2.45) is 11.1 Å². The minimum absolute atomic E-state index is 0.169. The Labute approximate surface area is 83.8 Å². The summed E-state index contributed by atoms with van der Waals surface area (Å²) in [4.78, 5) is 14.9. The van der Waals surface area contributed by atoms with Crippen molar-refractivity contribution >= 4 is 0 Å². The first-order valence-electron chi connectivity index (χ1n) is 4.67. The quantitative estimate of drug-likeness (QED) is 0.757. The molecule has 0 fully saturated rings. The molecule has 78 valence electrons. The highest BCUT2D eigenvalue weighted by Crippen LogP contribution is 2.15. The minimum Gasteiger partial charge on any atom is -0.338 e. The maximum absolute atomic E-state index is 11.2. The summed E-state index contributed by atoms with van der Waals surface area (Å²) in [5, 5.41) is 0. The Morgan fingerprint density at radius 1 is 1.50 bits per heavy atom. The van der Waals surface area contributed by atoms with E-state index in [9.17, 15) is 4.79 Å². The fourth-order valence-corrected chi connectivity index (χ4v) is 1.27. The smallest absolute Gasteiger partial charge is 0.277 e. The summed E-state index contributed by atoms with van der Waals surface area (Å²) < 4.78 is 1.91. The van der Waals surface area contributed by atoms with E-state index in [4.69, 9.17) is 5.73 Å². The summed E-state index contributed by atoms with van der Waals surface area (Å²) in [7, 11) is 0. The Bertz CT molecular complexity index is 362. The molecule has 0 saturated carbocycles. The lowest BCUT2D eigenvalue weighted by Gasteiger charge is -2.20. The lowest BCUT2D eigenvalue weighted by molar-refractivity contribution is 0.340. The van der Waals surface area contributed by atoms with Crippen molar-refractivity contribution in [3.63, 3.8) is 0 Å². The highest BCUT2D eigenvalue weighted by atomic mass is 16.1. The number of rotatable bonds is 2. The molecule has 1 aromatic heterocycles. The lowest BCUT2D eigenvalue weighted by atomic mass is 9.97. The van der Waals surface area contributed by atoms with Crippen LogP contribution in [0.25, 0.3) is 0 Å². The van der Waals surface area contributed by atoms with Crippen LogP contribution in [0.15, 0.2) is 17.3 Å². The van der Waals surface area contributed by atoms with Gasteiger partial charge in [0.2, 0.25) is 0 Å². The average Bonchev–Trinajstić information content (AvgIpc) is 2.06. The van der Waals surface area contributed by atoms with E-state index in [1.807, 2.05) is 4.57 Å². The molecule has 0 atom stereocenters. The van der Waals surface area contributed by atoms with Crippen LogP contribution in [0.1, 0.15) is 26.3 Å². The fourth-order valence-electron chi connectivity index (χ4n) is 1.27. The molecule has 0 saturated heterocycles. The van der Waals surface area contributed by atoms with Crippen molar-refractivity contribution in [1.29, 1.82) is 0 Å². The van der Waals surface area contributed by atoms with Gasteiger partial charge in [0.05, 0.1) is 6.33 Å². The van der Waals surface area contributed by atoms with Gasteiger partial charge in [-0.3, -0.25) is 4.79 Å². The third kappa shape index (κ3) is 2.96. The molecule has 0 aliphatic rings. The van der Waals surface area contributed by atoms with Crippen LogP contribution in [0.4, 0.5) is 0 Å². The molecule has 2 N–H and O–H groups in total. The van der Waals surface area contributed by atoms with E-state index in [1.165, 1.54) is 0 Å². The molecule has 0 spiro atoms. The van der Waals surface area contributed by atoms with Crippen LogP contribution in [-0.4, -0.2) is 9.55 Å². The number of hydrogen-bond donors (Lipinski definition) is 1. The standard InChI is InChI=1S/C10H17N3O/c1-10(2,3)6-13-5-8(4-11)9(14)12-7-13/h5,7H,4,6,11H2,1-3H3. The third-order valence-electron chi connectivity index (χ3n) is 1.80. The van der Waals surface area contributed by atoms with Gasteiger partial charge in [-0.2, -0.15) is 4.98 Å². The van der Waals surface area contributed by atoms with Crippen LogP contribution < -0.4 is 11.3 Å². The van der Waals surface area contributed by atoms with Crippen molar-refractivity contribution in [2.45, 2.75) is 33.9 Å². The molecule has 0 aliphatic carbocycles. The van der Waals surface area contributed by atoms with E-state index < -0.39 is 0 Å². The van der Waals surface area contributed by atoms with Crippen LogP contribution in [0.3, 0.4) is 0 Å². The lowest BCUT2D eigenvalue weighted by Crippen LogP contribution is -2.22. The van der Waals surface area contributed by atoms with E-state index in [2.05, 4.69) is 25.8 Å². The predicted octanol–water partition coefficient (Wildman–Crippen LogP) is 0.748. The summed E-state index contributed by atoms with van der Waals surface area (Å²) in [5.74, 6) is 0. The average molecular weight is 195 g/mol. The summed E-state index contributed by atoms with van der Waals surface area (Å²) in [5.41, 5.74) is 5.94. The molecule has 14 heavy (non-hydrogen) atoms. The molecule has 0 amide bonds. The van der Waals surface area contributed by atoms with Gasteiger partial charge >= 0.3 is 0 Å². The van der Waals surface area contributed by atoms with Crippen molar-refractivity contribution in [3.05, 3.63) is 28.4 Å². The Morgan fingerprint density at radius 2 is 2.14 bits per heavy atom. The normalized spacial score (nSPS) is 11.7. The van der Waals surface area contributed by atoms with Gasteiger partial charge in [-0.25, -0.2) is 0 Å². The molecule has 1 rings (SSSR count). The van der Waals surface area contributed by atoms with Gasteiger partial charge < -0.3 is 10.3 Å². The topological polar surface area (TPSA) is 60.9 Å². The van der Waals surface area contributed by atoms with Crippen molar-refractivity contribution in [2.75, 3.05) is 0 Å². The predicted molar refractivity (Wildman–Crippen MR) is 55.8 cm³/mol. The van der Waals surface area contributed by atoms with Crippen molar-refractivity contribution in [3.8, 4) is 0 Å². The molecule has 0 radical (unpaired) electrons. The van der Waals surface area contributed by atoms with E-state index in [0.717, 1.165) is 6.54 Å². The van der Waals surface area contributed by atoms with Crippen LogP contribution in [0.2, 0.25) is 0 Å². The number of nitrogens with two attached hydrogens (primary N) is 1. The first-order valence-corrected chi connectivity index (χ1v) is 4.67. The summed E-state index contributed by atoms with van der Waals surface area (Å²) >= 11 is 0. The van der Waals surface area contributed by atoms with E-state index in [-0.39, 0.29) is 17.5 Å². The molecule has 1 heterocycles. The molecule has 0 bridgehead atoms. The molecule has 1 aromatic rings. The second-order valence-electron chi connectivity index (χ2n) is 4.64.